The van der Waals surface area contributed by atoms with Gasteiger partial charge in [0, 0.05) is 17.5 Å². The van der Waals surface area contributed by atoms with Crippen LogP contribution >= 0.6 is 0 Å². The van der Waals surface area contributed by atoms with Crippen molar-refractivity contribution in [3.8, 4) is 16.9 Å². The van der Waals surface area contributed by atoms with E-state index in [0.29, 0.717) is 5.56 Å². The van der Waals surface area contributed by atoms with Crippen molar-refractivity contribution in [3.63, 3.8) is 0 Å². The standard InChI is InChI=1S/C18H14F4N2O2S/c1-11-3-4-12(9-15(11)19)16-10-23-17(18(20,21)22)24(16)13-5-7-14(8-6-13)27(2,25)26/h3-10H,1-2H3. The van der Waals surface area contributed by atoms with Crippen molar-refractivity contribution in [1.82, 2.24) is 9.55 Å². The molecule has 0 radical (unpaired) electrons. The third-order valence-corrected chi connectivity index (χ3v) is 5.13. The van der Waals surface area contributed by atoms with Crippen molar-refractivity contribution in [2.24, 2.45) is 0 Å². The number of aryl methyl sites for hydroxylation is 1. The van der Waals surface area contributed by atoms with Gasteiger partial charge in [0.1, 0.15) is 5.82 Å². The Hall–Kier alpha value is -2.68. The lowest BCUT2D eigenvalue weighted by Crippen LogP contribution is -2.14. The van der Waals surface area contributed by atoms with Crippen LogP contribution in [0.3, 0.4) is 0 Å². The van der Waals surface area contributed by atoms with E-state index in [0.717, 1.165) is 23.1 Å². The molecule has 0 spiro atoms. The Kier molecular flexibility index (Phi) is 4.59. The number of imidazole rings is 1. The van der Waals surface area contributed by atoms with Gasteiger partial charge >= 0.3 is 6.18 Å². The van der Waals surface area contributed by atoms with E-state index in [-0.39, 0.29) is 21.8 Å². The molecule has 0 bridgehead atoms. The maximum absolute atomic E-state index is 13.9. The molecule has 0 saturated carbocycles. The smallest absolute Gasteiger partial charge is 0.289 e. The van der Waals surface area contributed by atoms with Crippen molar-refractivity contribution >= 4 is 9.84 Å². The Balaban J connectivity index is 2.23. The highest BCUT2D eigenvalue weighted by Crippen LogP contribution is 2.35. The van der Waals surface area contributed by atoms with E-state index in [9.17, 15) is 26.0 Å². The van der Waals surface area contributed by atoms with Crippen LogP contribution in [0.5, 0.6) is 0 Å². The molecule has 0 fully saturated rings. The number of halogens is 4. The van der Waals surface area contributed by atoms with E-state index in [1.807, 2.05) is 0 Å². The number of rotatable bonds is 3. The van der Waals surface area contributed by atoms with E-state index in [2.05, 4.69) is 4.98 Å². The molecule has 0 aliphatic rings. The van der Waals surface area contributed by atoms with Gasteiger partial charge in [-0.1, -0.05) is 12.1 Å². The second-order valence-electron chi connectivity index (χ2n) is 6.03. The van der Waals surface area contributed by atoms with Gasteiger partial charge in [-0.25, -0.2) is 17.8 Å². The Bertz CT molecular complexity index is 1100. The quantitative estimate of drug-likeness (QED) is 0.614. The average Bonchev–Trinajstić information content (AvgIpc) is 3.02. The van der Waals surface area contributed by atoms with Crippen LogP contribution in [0.15, 0.2) is 53.6 Å². The molecule has 1 aromatic heterocycles. The molecular weight excluding hydrogens is 384 g/mol. The van der Waals surface area contributed by atoms with Crippen molar-refractivity contribution in [3.05, 3.63) is 65.9 Å². The minimum Gasteiger partial charge on any atom is -0.289 e. The summed E-state index contributed by atoms with van der Waals surface area (Å²) < 4.78 is 78.1. The normalized spacial score (nSPS) is 12.4. The van der Waals surface area contributed by atoms with Gasteiger partial charge in [-0.2, -0.15) is 13.2 Å². The molecule has 9 heteroatoms. The lowest BCUT2D eigenvalue weighted by molar-refractivity contribution is -0.145. The summed E-state index contributed by atoms with van der Waals surface area (Å²) in [5, 5.41) is 0. The minimum absolute atomic E-state index is 0.0251. The van der Waals surface area contributed by atoms with Crippen LogP contribution in [-0.2, 0) is 16.0 Å². The molecule has 27 heavy (non-hydrogen) atoms. The zero-order chi connectivity index (χ0) is 20.0. The Morgan fingerprint density at radius 2 is 1.67 bits per heavy atom. The number of alkyl halides is 3. The van der Waals surface area contributed by atoms with Gasteiger partial charge in [-0.3, -0.25) is 4.57 Å². The van der Waals surface area contributed by atoms with E-state index in [4.69, 9.17) is 0 Å². The van der Waals surface area contributed by atoms with Crippen LogP contribution in [0.1, 0.15) is 11.4 Å². The molecule has 0 unspecified atom stereocenters. The second kappa shape index (κ2) is 6.49. The first-order valence-corrected chi connectivity index (χ1v) is 9.59. The molecule has 0 amide bonds. The zero-order valence-electron chi connectivity index (χ0n) is 14.2. The summed E-state index contributed by atoms with van der Waals surface area (Å²) in [7, 11) is -3.50. The molecule has 1 heterocycles. The molecule has 0 aliphatic carbocycles. The average molecular weight is 398 g/mol. The zero-order valence-corrected chi connectivity index (χ0v) is 15.1. The van der Waals surface area contributed by atoms with E-state index in [1.165, 1.54) is 36.4 Å². The van der Waals surface area contributed by atoms with Crippen LogP contribution in [0.2, 0.25) is 0 Å². The van der Waals surface area contributed by atoms with Crippen molar-refractivity contribution in [2.75, 3.05) is 6.26 Å². The van der Waals surface area contributed by atoms with Gasteiger partial charge < -0.3 is 0 Å². The lowest BCUT2D eigenvalue weighted by Gasteiger charge is -2.14. The Labute approximate surface area is 153 Å². The maximum Gasteiger partial charge on any atom is 0.450 e. The molecule has 4 nitrogen and oxygen atoms in total. The van der Waals surface area contributed by atoms with Gasteiger partial charge in [0.2, 0.25) is 5.82 Å². The van der Waals surface area contributed by atoms with Crippen LogP contribution in [0, 0.1) is 12.7 Å². The van der Waals surface area contributed by atoms with E-state index >= 15 is 0 Å². The van der Waals surface area contributed by atoms with Crippen molar-refractivity contribution in [2.45, 2.75) is 18.0 Å². The highest BCUT2D eigenvalue weighted by Gasteiger charge is 2.38. The largest absolute Gasteiger partial charge is 0.450 e. The van der Waals surface area contributed by atoms with Crippen LogP contribution < -0.4 is 0 Å². The molecule has 2 aromatic carbocycles. The summed E-state index contributed by atoms with van der Waals surface area (Å²) in [4.78, 5) is 3.44. The minimum atomic E-state index is -4.75. The van der Waals surface area contributed by atoms with Gasteiger partial charge in [-0.05, 0) is 42.8 Å². The van der Waals surface area contributed by atoms with Crippen LogP contribution in [-0.4, -0.2) is 24.2 Å². The van der Waals surface area contributed by atoms with Crippen LogP contribution in [0.25, 0.3) is 16.9 Å². The summed E-state index contributed by atoms with van der Waals surface area (Å²) in [6.45, 7) is 1.54. The molecule has 0 atom stereocenters. The number of sulfone groups is 1. The molecular formula is C18H14F4N2O2S. The summed E-state index contributed by atoms with van der Waals surface area (Å²) >= 11 is 0. The fourth-order valence-electron chi connectivity index (χ4n) is 2.61. The van der Waals surface area contributed by atoms with Crippen molar-refractivity contribution in [1.29, 1.82) is 0 Å². The van der Waals surface area contributed by atoms with E-state index in [1.54, 1.807) is 6.92 Å². The first-order valence-electron chi connectivity index (χ1n) is 7.70. The van der Waals surface area contributed by atoms with Gasteiger partial charge in [0.05, 0.1) is 16.8 Å². The van der Waals surface area contributed by atoms with E-state index < -0.39 is 27.7 Å². The monoisotopic (exact) mass is 398 g/mol. The first-order chi connectivity index (χ1) is 12.5. The topological polar surface area (TPSA) is 52.0 Å². The predicted octanol–water partition coefficient (Wildman–Crippen LogP) is 4.41. The van der Waals surface area contributed by atoms with Crippen LogP contribution in [0.4, 0.5) is 17.6 Å². The molecule has 3 aromatic rings. The Morgan fingerprint density at radius 1 is 1.04 bits per heavy atom. The highest BCUT2D eigenvalue weighted by atomic mass is 32.2. The third-order valence-electron chi connectivity index (χ3n) is 4.01. The van der Waals surface area contributed by atoms with Gasteiger partial charge in [0.15, 0.2) is 9.84 Å². The summed E-state index contributed by atoms with van der Waals surface area (Å²) in [5.74, 6) is -1.74. The highest BCUT2D eigenvalue weighted by molar-refractivity contribution is 7.90. The molecule has 0 saturated heterocycles. The maximum atomic E-state index is 13.9. The van der Waals surface area contributed by atoms with Gasteiger partial charge in [0.25, 0.3) is 0 Å². The number of benzene rings is 2. The molecule has 0 N–H and O–H groups in total. The predicted molar refractivity (Wildman–Crippen MR) is 91.8 cm³/mol. The fraction of sp³-hybridized carbons (Fsp3) is 0.167. The first kappa shape index (κ1) is 19.1. The number of hydrogen-bond acceptors (Lipinski definition) is 3. The Morgan fingerprint density at radius 3 is 2.19 bits per heavy atom. The second-order valence-corrected chi connectivity index (χ2v) is 8.05. The summed E-state index contributed by atoms with van der Waals surface area (Å²) in [6, 6.07) is 9.02. The fourth-order valence-corrected chi connectivity index (χ4v) is 3.24. The van der Waals surface area contributed by atoms with Crippen molar-refractivity contribution < 1.29 is 26.0 Å². The molecule has 0 aliphatic heterocycles. The SMILES string of the molecule is Cc1ccc(-c2cnc(C(F)(F)F)n2-c2ccc(S(C)(=O)=O)cc2)cc1F. The summed E-state index contributed by atoms with van der Waals surface area (Å²) in [5.41, 5.74) is 0.670. The molecule has 142 valence electrons. The number of hydrogen-bond donors (Lipinski definition) is 0. The third kappa shape index (κ3) is 3.73. The number of nitrogens with zero attached hydrogens (tertiary/aromatic N) is 2. The molecule has 3 rings (SSSR count). The van der Waals surface area contributed by atoms with Gasteiger partial charge in [-0.15, -0.1) is 0 Å². The number of aromatic nitrogens is 2. The lowest BCUT2D eigenvalue weighted by atomic mass is 10.1. The summed E-state index contributed by atoms with van der Waals surface area (Å²) in [6.07, 6.45) is -2.74.